The van der Waals surface area contributed by atoms with Crippen LogP contribution in [0.25, 0.3) is 22.2 Å². The van der Waals surface area contributed by atoms with Gasteiger partial charge in [-0.15, -0.1) is 0 Å². The summed E-state index contributed by atoms with van der Waals surface area (Å²) in [5.41, 5.74) is 4.15. The van der Waals surface area contributed by atoms with Crippen molar-refractivity contribution in [2.24, 2.45) is 0 Å². The van der Waals surface area contributed by atoms with Gasteiger partial charge in [0.05, 0.1) is 17.8 Å². The Morgan fingerprint density at radius 3 is 2.47 bits per heavy atom. The van der Waals surface area contributed by atoms with Gasteiger partial charge in [-0.2, -0.15) is 0 Å². The van der Waals surface area contributed by atoms with E-state index >= 15 is 0 Å². The molecule has 0 saturated heterocycles. The number of ether oxygens (including phenoxy) is 1. The zero-order valence-electron chi connectivity index (χ0n) is 23.9. The maximum Gasteiger partial charge on any atom is 0.337 e. The molecule has 2 amide bonds. The van der Waals surface area contributed by atoms with Crippen molar-refractivity contribution in [2.45, 2.75) is 69.4 Å². The predicted octanol–water partition coefficient (Wildman–Crippen LogP) is 6.13. The fourth-order valence-electron chi connectivity index (χ4n) is 6.94. The summed E-state index contributed by atoms with van der Waals surface area (Å²) in [4.78, 5) is 42.2. The van der Waals surface area contributed by atoms with Gasteiger partial charge in [0, 0.05) is 28.2 Å². The third kappa shape index (κ3) is 4.82. The first-order valence-electron chi connectivity index (χ1n) is 15.2. The number of carbonyl (C=O) groups excluding carboxylic acids is 2. The summed E-state index contributed by atoms with van der Waals surface area (Å²) < 4.78 is 8.48. The third-order valence-corrected chi connectivity index (χ3v) is 9.34. The van der Waals surface area contributed by atoms with Crippen LogP contribution in [0.5, 0.6) is 5.75 Å². The van der Waals surface area contributed by atoms with Crippen LogP contribution in [0.3, 0.4) is 0 Å². The van der Waals surface area contributed by atoms with E-state index in [1.165, 1.54) is 54.2 Å². The van der Waals surface area contributed by atoms with Crippen molar-refractivity contribution in [3.8, 4) is 17.0 Å². The third-order valence-electron chi connectivity index (χ3n) is 9.34. The first kappa shape index (κ1) is 27.2. The molecule has 9 nitrogen and oxygen atoms in total. The van der Waals surface area contributed by atoms with E-state index in [4.69, 9.17) is 9.84 Å². The van der Waals surface area contributed by atoms with Crippen LogP contribution in [0.1, 0.15) is 83.6 Å². The monoisotopic (exact) mass is 578 g/mol. The van der Waals surface area contributed by atoms with Gasteiger partial charge < -0.3 is 25.0 Å². The number of nitrogens with zero attached hydrogens (tertiary/aromatic N) is 2. The standard InChI is InChI=1S/C34H34N4O5/c39-31(37-34(15-6-16-34)33(42)36-28-14-12-23(20-35-28)32(40)41)22-11-13-24-26(19-22)38-17-18-43-27-10-5-4-9-25(27)30(38)29(24)21-7-2-1-3-8-21/h4-5,9-14,19-21H,1-3,6-8,15-18H2,(H,37,39)(H,40,41)(H,35,36,42). The lowest BCUT2D eigenvalue weighted by Gasteiger charge is -2.40. The van der Waals surface area contributed by atoms with Gasteiger partial charge >= 0.3 is 5.97 Å². The number of rotatable bonds is 6. The van der Waals surface area contributed by atoms with E-state index in [-0.39, 0.29) is 23.2 Å². The minimum absolute atomic E-state index is 0.0324. The van der Waals surface area contributed by atoms with E-state index in [1.807, 2.05) is 24.3 Å². The molecule has 220 valence electrons. The molecule has 3 aliphatic rings. The van der Waals surface area contributed by atoms with Gasteiger partial charge in [0.2, 0.25) is 0 Å². The van der Waals surface area contributed by atoms with Crippen molar-refractivity contribution < 1.29 is 24.2 Å². The molecule has 2 saturated carbocycles. The number of carboxylic acids is 1. The van der Waals surface area contributed by atoms with Crippen LogP contribution in [-0.2, 0) is 11.3 Å². The maximum atomic E-state index is 13.7. The smallest absolute Gasteiger partial charge is 0.337 e. The average molecular weight is 579 g/mol. The molecule has 1 aliphatic heterocycles. The fraction of sp³-hybridized carbons (Fsp3) is 0.353. The van der Waals surface area contributed by atoms with Gasteiger partial charge in [-0.25, -0.2) is 9.78 Å². The SMILES string of the molecule is O=C(O)c1ccc(NC(=O)C2(NC(=O)c3ccc4c(C5CCCCC5)c5n(c4c3)CCOc3ccccc3-5)CCC2)nc1. The van der Waals surface area contributed by atoms with E-state index in [0.29, 0.717) is 37.5 Å². The molecule has 0 radical (unpaired) electrons. The van der Waals surface area contributed by atoms with Gasteiger partial charge in [0.1, 0.15) is 23.7 Å². The molecule has 0 atom stereocenters. The molecule has 0 spiro atoms. The quantitative estimate of drug-likeness (QED) is 0.253. The van der Waals surface area contributed by atoms with Gasteiger partial charge in [-0.1, -0.05) is 37.5 Å². The lowest BCUT2D eigenvalue weighted by atomic mass is 9.75. The summed E-state index contributed by atoms with van der Waals surface area (Å²) in [5.74, 6) is -0.153. The number of aromatic carboxylic acids is 1. The molecular weight excluding hydrogens is 544 g/mol. The lowest BCUT2D eigenvalue weighted by Crippen LogP contribution is -2.61. The van der Waals surface area contributed by atoms with E-state index in [1.54, 1.807) is 0 Å². The zero-order chi connectivity index (χ0) is 29.6. The molecule has 2 aliphatic carbocycles. The number of aromatic nitrogens is 2. The number of anilines is 1. The molecule has 9 heteroatoms. The normalized spacial score (nSPS) is 17.5. The highest BCUT2D eigenvalue weighted by atomic mass is 16.5. The molecule has 4 aromatic rings. The Morgan fingerprint density at radius 2 is 1.74 bits per heavy atom. The van der Waals surface area contributed by atoms with Crippen LogP contribution in [0.15, 0.2) is 60.8 Å². The first-order chi connectivity index (χ1) is 20.9. The topological polar surface area (TPSA) is 123 Å². The second kappa shape index (κ2) is 10.9. The Balaban J connectivity index is 1.21. The minimum atomic E-state index is -1.09. The van der Waals surface area contributed by atoms with Crippen molar-refractivity contribution in [1.82, 2.24) is 14.9 Å². The number of carboxylic acid groups (broad SMARTS) is 1. The summed E-state index contributed by atoms with van der Waals surface area (Å²) in [7, 11) is 0. The van der Waals surface area contributed by atoms with Crippen molar-refractivity contribution in [1.29, 1.82) is 0 Å². The molecular formula is C34H34N4O5. The molecule has 0 unspecified atom stereocenters. The zero-order valence-corrected chi connectivity index (χ0v) is 23.9. The first-order valence-corrected chi connectivity index (χ1v) is 15.2. The Bertz CT molecular complexity index is 1730. The van der Waals surface area contributed by atoms with Gasteiger partial charge in [-0.05, 0) is 80.0 Å². The second-order valence-electron chi connectivity index (χ2n) is 11.9. The molecule has 0 bridgehead atoms. The summed E-state index contributed by atoms with van der Waals surface area (Å²) in [6, 6.07) is 17.0. The summed E-state index contributed by atoms with van der Waals surface area (Å²) in [6.45, 7) is 1.22. The van der Waals surface area contributed by atoms with E-state index < -0.39 is 11.5 Å². The number of hydrogen-bond donors (Lipinski definition) is 3. The number of amides is 2. The largest absolute Gasteiger partial charge is 0.491 e. The van der Waals surface area contributed by atoms with Crippen LogP contribution >= 0.6 is 0 Å². The molecule has 7 rings (SSSR count). The van der Waals surface area contributed by atoms with Gasteiger partial charge in [0.25, 0.3) is 11.8 Å². The Morgan fingerprint density at radius 1 is 0.953 bits per heavy atom. The van der Waals surface area contributed by atoms with Crippen LogP contribution in [-0.4, -0.2) is 44.6 Å². The molecule has 2 aromatic carbocycles. The number of fused-ring (bicyclic) bond motifs is 5. The highest BCUT2D eigenvalue weighted by molar-refractivity contribution is 6.06. The van der Waals surface area contributed by atoms with Crippen LogP contribution < -0.4 is 15.4 Å². The van der Waals surface area contributed by atoms with Crippen molar-refractivity contribution in [2.75, 3.05) is 11.9 Å². The van der Waals surface area contributed by atoms with Gasteiger partial charge in [0.15, 0.2) is 0 Å². The van der Waals surface area contributed by atoms with Crippen LogP contribution in [0.2, 0.25) is 0 Å². The van der Waals surface area contributed by atoms with E-state index in [0.717, 1.165) is 36.1 Å². The average Bonchev–Trinajstić information content (AvgIpc) is 3.20. The lowest BCUT2D eigenvalue weighted by molar-refractivity contribution is -0.125. The minimum Gasteiger partial charge on any atom is -0.491 e. The van der Waals surface area contributed by atoms with Gasteiger partial charge in [-0.3, -0.25) is 9.59 Å². The van der Waals surface area contributed by atoms with E-state index in [2.05, 4.69) is 38.4 Å². The summed E-state index contributed by atoms with van der Waals surface area (Å²) >= 11 is 0. The maximum absolute atomic E-state index is 13.7. The molecule has 3 heterocycles. The number of pyridine rings is 1. The molecule has 3 N–H and O–H groups in total. The van der Waals surface area contributed by atoms with Crippen molar-refractivity contribution >= 4 is 34.5 Å². The van der Waals surface area contributed by atoms with Crippen molar-refractivity contribution in [3.63, 3.8) is 0 Å². The number of carbonyl (C=O) groups is 3. The second-order valence-corrected chi connectivity index (χ2v) is 11.9. The predicted molar refractivity (Wildman–Crippen MR) is 163 cm³/mol. The Labute approximate surface area is 249 Å². The number of hydrogen-bond acceptors (Lipinski definition) is 5. The fourth-order valence-corrected chi connectivity index (χ4v) is 6.94. The number of benzene rings is 2. The Kier molecular flexibility index (Phi) is 6.88. The summed E-state index contributed by atoms with van der Waals surface area (Å²) in [6.07, 6.45) is 9.07. The molecule has 2 fully saturated rings. The number of nitrogens with one attached hydrogen (secondary N) is 2. The van der Waals surface area contributed by atoms with Crippen molar-refractivity contribution in [3.05, 3.63) is 77.5 Å². The molecule has 43 heavy (non-hydrogen) atoms. The summed E-state index contributed by atoms with van der Waals surface area (Å²) in [5, 5.41) is 16.1. The highest BCUT2D eigenvalue weighted by Crippen LogP contribution is 2.47. The molecule has 2 aromatic heterocycles. The van der Waals surface area contributed by atoms with Crippen LogP contribution in [0, 0.1) is 0 Å². The highest BCUT2D eigenvalue weighted by Gasteiger charge is 2.46. The number of para-hydroxylation sites is 1. The Hall–Kier alpha value is -4.66. The van der Waals surface area contributed by atoms with E-state index in [9.17, 15) is 14.4 Å². The van der Waals surface area contributed by atoms with Crippen LogP contribution in [0.4, 0.5) is 5.82 Å².